The molecule has 0 spiro atoms. The number of esters is 2. The third-order valence-electron chi connectivity index (χ3n) is 2.69. The van der Waals surface area contributed by atoms with Crippen LogP contribution < -0.4 is 0 Å². The van der Waals surface area contributed by atoms with Crippen molar-refractivity contribution in [3.63, 3.8) is 0 Å². The molecule has 0 saturated heterocycles. The fourth-order valence-corrected chi connectivity index (χ4v) is 1.85. The molecule has 1 rings (SSSR count). The minimum Gasteiger partial charge on any atom is -0.466 e. The standard InChI is InChI=1S/C15H20O4/c1-4-18-14(16)10-13(15(17)19-5-2)12-8-6-7-11(3)9-12/h6-9,13H,4-5,10H2,1-3H3. The molecule has 4 nitrogen and oxygen atoms in total. The maximum Gasteiger partial charge on any atom is 0.313 e. The SMILES string of the molecule is CCOC(=O)CC(C(=O)OCC)c1cccc(C)c1. The molecule has 1 atom stereocenters. The molecule has 0 aliphatic carbocycles. The maximum atomic E-state index is 12.0. The fourth-order valence-electron chi connectivity index (χ4n) is 1.85. The van der Waals surface area contributed by atoms with Crippen molar-refractivity contribution in [2.24, 2.45) is 0 Å². The predicted octanol–water partition coefficient (Wildman–Crippen LogP) is 2.59. The third-order valence-corrected chi connectivity index (χ3v) is 2.69. The van der Waals surface area contributed by atoms with E-state index in [1.165, 1.54) is 0 Å². The van der Waals surface area contributed by atoms with Gasteiger partial charge in [-0.15, -0.1) is 0 Å². The van der Waals surface area contributed by atoms with Crippen LogP contribution in [-0.2, 0) is 19.1 Å². The first-order chi connectivity index (χ1) is 9.08. The molecule has 0 fully saturated rings. The average Bonchev–Trinajstić information content (AvgIpc) is 2.36. The number of hydrogen-bond donors (Lipinski definition) is 0. The minimum atomic E-state index is -0.598. The van der Waals surface area contributed by atoms with Crippen molar-refractivity contribution in [3.05, 3.63) is 35.4 Å². The van der Waals surface area contributed by atoms with E-state index in [0.717, 1.165) is 11.1 Å². The van der Waals surface area contributed by atoms with E-state index in [1.807, 2.05) is 31.2 Å². The van der Waals surface area contributed by atoms with E-state index in [9.17, 15) is 9.59 Å². The summed E-state index contributed by atoms with van der Waals surface area (Å²) >= 11 is 0. The van der Waals surface area contributed by atoms with Gasteiger partial charge in [0.2, 0.25) is 0 Å². The number of carbonyl (C=O) groups is 2. The second-order valence-electron chi connectivity index (χ2n) is 4.23. The Balaban J connectivity index is 2.91. The zero-order valence-electron chi connectivity index (χ0n) is 11.6. The molecule has 0 saturated carbocycles. The Morgan fingerprint density at radius 2 is 1.84 bits per heavy atom. The number of carbonyl (C=O) groups excluding carboxylic acids is 2. The van der Waals surface area contributed by atoms with Gasteiger partial charge in [0.1, 0.15) is 0 Å². The zero-order chi connectivity index (χ0) is 14.3. The smallest absolute Gasteiger partial charge is 0.313 e. The van der Waals surface area contributed by atoms with Gasteiger partial charge in [-0.1, -0.05) is 29.8 Å². The number of rotatable bonds is 6. The molecule has 19 heavy (non-hydrogen) atoms. The summed E-state index contributed by atoms with van der Waals surface area (Å²) in [5.74, 6) is -1.37. The highest BCUT2D eigenvalue weighted by Crippen LogP contribution is 2.23. The van der Waals surface area contributed by atoms with E-state index < -0.39 is 5.92 Å². The van der Waals surface area contributed by atoms with Gasteiger partial charge >= 0.3 is 11.9 Å². The first kappa shape index (κ1) is 15.2. The summed E-state index contributed by atoms with van der Waals surface area (Å²) in [6, 6.07) is 7.52. The number of ether oxygens (including phenoxy) is 2. The Hall–Kier alpha value is -1.84. The van der Waals surface area contributed by atoms with Gasteiger partial charge < -0.3 is 9.47 Å². The summed E-state index contributed by atoms with van der Waals surface area (Å²) in [4.78, 5) is 23.6. The molecule has 0 radical (unpaired) electrons. The van der Waals surface area contributed by atoms with Crippen LogP contribution in [0.5, 0.6) is 0 Å². The lowest BCUT2D eigenvalue weighted by Crippen LogP contribution is -2.20. The Kier molecular flexibility index (Phi) is 6.06. The molecule has 1 aromatic rings. The van der Waals surface area contributed by atoms with Crippen LogP contribution in [0, 0.1) is 6.92 Å². The normalized spacial score (nSPS) is 11.7. The van der Waals surface area contributed by atoms with Crippen molar-refractivity contribution in [1.82, 2.24) is 0 Å². The van der Waals surface area contributed by atoms with Crippen molar-refractivity contribution < 1.29 is 19.1 Å². The van der Waals surface area contributed by atoms with E-state index in [-0.39, 0.29) is 18.4 Å². The van der Waals surface area contributed by atoms with E-state index in [0.29, 0.717) is 13.2 Å². The lowest BCUT2D eigenvalue weighted by atomic mass is 9.94. The van der Waals surface area contributed by atoms with Gasteiger partial charge in [-0.3, -0.25) is 9.59 Å². The predicted molar refractivity (Wildman–Crippen MR) is 71.8 cm³/mol. The topological polar surface area (TPSA) is 52.6 Å². The summed E-state index contributed by atoms with van der Waals surface area (Å²) in [5, 5.41) is 0. The molecule has 104 valence electrons. The van der Waals surface area contributed by atoms with Crippen LogP contribution in [0.15, 0.2) is 24.3 Å². The Morgan fingerprint density at radius 3 is 2.42 bits per heavy atom. The molecule has 0 N–H and O–H groups in total. The summed E-state index contributed by atoms with van der Waals surface area (Å²) in [7, 11) is 0. The van der Waals surface area contributed by atoms with Gasteiger partial charge in [-0.25, -0.2) is 0 Å². The summed E-state index contributed by atoms with van der Waals surface area (Å²) in [6.07, 6.45) is 0.0100. The van der Waals surface area contributed by atoms with E-state index in [2.05, 4.69) is 0 Å². The van der Waals surface area contributed by atoms with Crippen LogP contribution in [0.2, 0.25) is 0 Å². The minimum absolute atomic E-state index is 0.0100. The molecular formula is C15H20O4. The van der Waals surface area contributed by atoms with E-state index in [4.69, 9.17) is 9.47 Å². The summed E-state index contributed by atoms with van der Waals surface area (Å²) in [6.45, 7) is 6.03. The number of aryl methyl sites for hydroxylation is 1. The molecule has 1 unspecified atom stereocenters. The molecule has 4 heteroatoms. The number of hydrogen-bond acceptors (Lipinski definition) is 4. The zero-order valence-corrected chi connectivity index (χ0v) is 11.6. The molecule has 0 aromatic heterocycles. The van der Waals surface area contributed by atoms with E-state index >= 15 is 0 Å². The molecule has 0 bridgehead atoms. The van der Waals surface area contributed by atoms with Gasteiger partial charge in [0, 0.05) is 0 Å². The Bertz CT molecular complexity index is 440. The molecular weight excluding hydrogens is 244 g/mol. The lowest BCUT2D eigenvalue weighted by molar-refractivity contribution is -0.151. The second kappa shape index (κ2) is 7.56. The van der Waals surface area contributed by atoms with Gasteiger partial charge in [0.15, 0.2) is 0 Å². The van der Waals surface area contributed by atoms with Crippen molar-refractivity contribution in [3.8, 4) is 0 Å². The first-order valence-electron chi connectivity index (χ1n) is 6.47. The number of benzene rings is 1. The fraction of sp³-hybridized carbons (Fsp3) is 0.467. The second-order valence-corrected chi connectivity index (χ2v) is 4.23. The highest BCUT2D eigenvalue weighted by molar-refractivity contribution is 5.84. The van der Waals surface area contributed by atoms with Crippen LogP contribution in [0.1, 0.15) is 37.3 Å². The van der Waals surface area contributed by atoms with Crippen molar-refractivity contribution in [2.75, 3.05) is 13.2 Å². The third kappa shape index (κ3) is 4.73. The first-order valence-corrected chi connectivity index (χ1v) is 6.47. The van der Waals surface area contributed by atoms with Crippen LogP contribution in [-0.4, -0.2) is 25.2 Å². The van der Waals surface area contributed by atoms with Crippen LogP contribution in [0.4, 0.5) is 0 Å². The quantitative estimate of drug-likeness (QED) is 0.741. The molecule has 0 aliphatic rings. The van der Waals surface area contributed by atoms with Gasteiger partial charge in [0.25, 0.3) is 0 Å². The van der Waals surface area contributed by atoms with Crippen LogP contribution in [0.25, 0.3) is 0 Å². The monoisotopic (exact) mass is 264 g/mol. The molecule has 0 aliphatic heterocycles. The van der Waals surface area contributed by atoms with Crippen LogP contribution >= 0.6 is 0 Å². The Labute approximate surface area is 113 Å². The van der Waals surface area contributed by atoms with Crippen molar-refractivity contribution in [2.45, 2.75) is 33.1 Å². The lowest BCUT2D eigenvalue weighted by Gasteiger charge is -2.15. The summed E-state index contributed by atoms with van der Waals surface area (Å²) < 4.78 is 9.94. The Morgan fingerprint density at radius 1 is 1.16 bits per heavy atom. The van der Waals surface area contributed by atoms with Gasteiger partial charge in [0.05, 0.1) is 25.6 Å². The average molecular weight is 264 g/mol. The van der Waals surface area contributed by atoms with Crippen molar-refractivity contribution >= 4 is 11.9 Å². The van der Waals surface area contributed by atoms with Gasteiger partial charge in [-0.2, -0.15) is 0 Å². The maximum absolute atomic E-state index is 12.0. The van der Waals surface area contributed by atoms with Gasteiger partial charge in [-0.05, 0) is 26.3 Å². The van der Waals surface area contributed by atoms with Crippen molar-refractivity contribution in [1.29, 1.82) is 0 Å². The molecule has 0 heterocycles. The largest absolute Gasteiger partial charge is 0.466 e. The molecule has 0 amide bonds. The van der Waals surface area contributed by atoms with E-state index in [1.54, 1.807) is 13.8 Å². The highest BCUT2D eigenvalue weighted by atomic mass is 16.5. The highest BCUT2D eigenvalue weighted by Gasteiger charge is 2.25. The molecule has 1 aromatic carbocycles. The summed E-state index contributed by atoms with van der Waals surface area (Å²) in [5.41, 5.74) is 1.82. The van der Waals surface area contributed by atoms with Crippen LogP contribution in [0.3, 0.4) is 0 Å².